The molecule has 4 nitrogen and oxygen atoms in total. The monoisotopic (exact) mass is 344 g/mol. The summed E-state index contributed by atoms with van der Waals surface area (Å²) in [5, 5.41) is 9.12. The summed E-state index contributed by atoms with van der Waals surface area (Å²) in [6.07, 6.45) is 1.75. The molecule has 0 aliphatic heterocycles. The third kappa shape index (κ3) is 4.89. The van der Waals surface area contributed by atoms with Gasteiger partial charge in [0.15, 0.2) is 0 Å². The Hall–Kier alpha value is -0.730. The molecular formula is C14H20N2O2S3. The van der Waals surface area contributed by atoms with Crippen LogP contribution in [-0.2, 0) is 23.0 Å². The number of sulfonamides is 1. The van der Waals surface area contributed by atoms with Crippen LogP contribution in [-0.4, -0.2) is 21.5 Å². The molecular weight excluding hydrogens is 324 g/mol. The Morgan fingerprint density at radius 1 is 1.19 bits per heavy atom. The molecule has 2 heterocycles. The fourth-order valence-corrected chi connectivity index (χ4v) is 5.06. The molecule has 0 radical (unpaired) electrons. The van der Waals surface area contributed by atoms with Gasteiger partial charge in [0.25, 0.3) is 0 Å². The van der Waals surface area contributed by atoms with Crippen molar-refractivity contribution < 1.29 is 8.42 Å². The molecule has 2 aromatic rings. The standard InChI is InChI=1S/C14H20N2O2S3/c1-2-6-15-10-13-14(5-9-20-13)21(17,18)16-7-3-12-4-8-19-11-12/h4-5,8-9,11,15-16H,2-3,6-7,10H2,1H3. The highest BCUT2D eigenvalue weighted by Crippen LogP contribution is 2.21. The topological polar surface area (TPSA) is 58.2 Å². The Bertz CT molecular complexity index is 633. The van der Waals surface area contributed by atoms with E-state index in [2.05, 4.69) is 17.0 Å². The van der Waals surface area contributed by atoms with Gasteiger partial charge in [-0.15, -0.1) is 11.3 Å². The first-order valence-electron chi connectivity index (χ1n) is 6.91. The van der Waals surface area contributed by atoms with E-state index in [1.807, 2.05) is 22.2 Å². The Balaban J connectivity index is 1.94. The fourth-order valence-electron chi connectivity index (χ4n) is 1.92. The van der Waals surface area contributed by atoms with E-state index in [-0.39, 0.29) is 0 Å². The smallest absolute Gasteiger partial charge is 0.241 e. The number of hydrogen-bond donors (Lipinski definition) is 2. The Labute approximate surface area is 134 Å². The summed E-state index contributed by atoms with van der Waals surface area (Å²) in [5.74, 6) is 0. The first-order chi connectivity index (χ1) is 10.1. The van der Waals surface area contributed by atoms with Crippen molar-refractivity contribution in [3.8, 4) is 0 Å². The predicted molar refractivity (Wildman–Crippen MR) is 89.5 cm³/mol. The van der Waals surface area contributed by atoms with Crippen LogP contribution in [0.2, 0.25) is 0 Å². The molecule has 2 rings (SSSR count). The summed E-state index contributed by atoms with van der Waals surface area (Å²) < 4.78 is 27.4. The summed E-state index contributed by atoms with van der Waals surface area (Å²) in [6.45, 7) is 4.01. The highest BCUT2D eigenvalue weighted by Gasteiger charge is 2.18. The van der Waals surface area contributed by atoms with Gasteiger partial charge in [0.2, 0.25) is 10.0 Å². The highest BCUT2D eigenvalue weighted by atomic mass is 32.2. The maximum atomic E-state index is 12.3. The average Bonchev–Trinajstić information content (AvgIpc) is 3.10. The second-order valence-electron chi connectivity index (χ2n) is 4.66. The third-order valence-corrected chi connectivity index (χ3v) is 6.32. The van der Waals surface area contributed by atoms with Gasteiger partial charge < -0.3 is 5.32 Å². The van der Waals surface area contributed by atoms with Crippen molar-refractivity contribution in [3.05, 3.63) is 38.7 Å². The van der Waals surface area contributed by atoms with E-state index in [1.165, 1.54) is 11.3 Å². The third-order valence-electron chi connectivity index (χ3n) is 2.99. The first-order valence-corrected chi connectivity index (χ1v) is 10.2. The van der Waals surface area contributed by atoms with Gasteiger partial charge in [-0.1, -0.05) is 6.92 Å². The van der Waals surface area contributed by atoms with Crippen LogP contribution in [0.15, 0.2) is 33.2 Å². The molecule has 0 aliphatic carbocycles. The van der Waals surface area contributed by atoms with Crippen molar-refractivity contribution in [1.82, 2.24) is 10.0 Å². The Kier molecular flexibility index (Phi) is 6.38. The molecule has 0 saturated carbocycles. The quantitative estimate of drug-likeness (QED) is 0.688. The summed E-state index contributed by atoms with van der Waals surface area (Å²) in [4.78, 5) is 1.27. The lowest BCUT2D eigenvalue weighted by Gasteiger charge is -2.08. The average molecular weight is 345 g/mol. The zero-order valence-electron chi connectivity index (χ0n) is 12.0. The normalized spacial score (nSPS) is 11.9. The number of hydrogen-bond acceptors (Lipinski definition) is 5. The predicted octanol–water partition coefficient (Wildman–Crippen LogP) is 2.83. The lowest BCUT2D eigenvalue weighted by molar-refractivity contribution is 0.579. The minimum Gasteiger partial charge on any atom is -0.312 e. The van der Waals surface area contributed by atoms with Crippen molar-refractivity contribution in [2.24, 2.45) is 0 Å². The van der Waals surface area contributed by atoms with Crippen molar-refractivity contribution in [2.45, 2.75) is 31.2 Å². The highest BCUT2D eigenvalue weighted by molar-refractivity contribution is 7.89. The van der Waals surface area contributed by atoms with Gasteiger partial charge >= 0.3 is 0 Å². The van der Waals surface area contributed by atoms with Crippen molar-refractivity contribution in [1.29, 1.82) is 0 Å². The van der Waals surface area contributed by atoms with Crippen LogP contribution in [0.25, 0.3) is 0 Å². The van der Waals surface area contributed by atoms with Gasteiger partial charge in [0.05, 0.1) is 4.90 Å². The molecule has 0 bridgehead atoms. The Morgan fingerprint density at radius 3 is 2.76 bits per heavy atom. The van der Waals surface area contributed by atoms with Crippen LogP contribution >= 0.6 is 22.7 Å². The molecule has 0 spiro atoms. The molecule has 0 amide bonds. The molecule has 0 atom stereocenters. The largest absolute Gasteiger partial charge is 0.312 e. The molecule has 2 N–H and O–H groups in total. The van der Waals surface area contributed by atoms with Crippen LogP contribution in [0.4, 0.5) is 0 Å². The molecule has 0 aliphatic rings. The molecule has 0 saturated heterocycles. The molecule has 21 heavy (non-hydrogen) atoms. The number of nitrogens with one attached hydrogen (secondary N) is 2. The second kappa shape index (κ2) is 8.05. The van der Waals surface area contributed by atoms with Gasteiger partial charge in [-0.3, -0.25) is 0 Å². The van der Waals surface area contributed by atoms with E-state index >= 15 is 0 Å². The van der Waals surface area contributed by atoms with Gasteiger partial charge in [-0.25, -0.2) is 13.1 Å². The van der Waals surface area contributed by atoms with Crippen LogP contribution in [0.5, 0.6) is 0 Å². The Morgan fingerprint density at radius 2 is 2.05 bits per heavy atom. The fraction of sp³-hybridized carbons (Fsp3) is 0.429. The van der Waals surface area contributed by atoms with Gasteiger partial charge in [-0.05, 0) is 53.2 Å². The van der Waals surface area contributed by atoms with Crippen LogP contribution in [0, 0.1) is 0 Å². The van der Waals surface area contributed by atoms with E-state index in [1.54, 1.807) is 17.4 Å². The second-order valence-corrected chi connectivity index (χ2v) is 8.18. The number of thiophene rings is 2. The summed E-state index contributed by atoms with van der Waals surface area (Å²) >= 11 is 3.10. The molecule has 0 unspecified atom stereocenters. The van der Waals surface area contributed by atoms with Gasteiger partial charge in [0, 0.05) is 18.0 Å². The minimum absolute atomic E-state index is 0.404. The maximum Gasteiger partial charge on any atom is 0.241 e. The summed E-state index contributed by atoms with van der Waals surface area (Å²) in [7, 11) is -3.41. The SMILES string of the molecule is CCCNCc1sccc1S(=O)(=O)NCCc1ccsc1. The molecule has 0 fully saturated rings. The van der Waals surface area contributed by atoms with Crippen LogP contribution < -0.4 is 10.0 Å². The van der Waals surface area contributed by atoms with Crippen molar-refractivity contribution >= 4 is 32.7 Å². The van der Waals surface area contributed by atoms with Crippen molar-refractivity contribution in [2.75, 3.05) is 13.1 Å². The van der Waals surface area contributed by atoms with E-state index in [0.29, 0.717) is 18.0 Å². The zero-order valence-corrected chi connectivity index (χ0v) is 14.4. The molecule has 7 heteroatoms. The van der Waals surface area contributed by atoms with E-state index in [9.17, 15) is 8.42 Å². The van der Waals surface area contributed by atoms with E-state index < -0.39 is 10.0 Å². The van der Waals surface area contributed by atoms with E-state index in [4.69, 9.17) is 0 Å². The maximum absolute atomic E-state index is 12.3. The summed E-state index contributed by atoms with van der Waals surface area (Å²) in [6, 6.07) is 3.70. The molecule has 0 aromatic carbocycles. The zero-order chi connectivity index (χ0) is 15.1. The lowest BCUT2D eigenvalue weighted by Crippen LogP contribution is -2.27. The van der Waals surface area contributed by atoms with Gasteiger partial charge in [-0.2, -0.15) is 11.3 Å². The van der Waals surface area contributed by atoms with Crippen LogP contribution in [0.3, 0.4) is 0 Å². The number of rotatable bonds is 9. The summed E-state index contributed by atoms with van der Waals surface area (Å²) in [5.41, 5.74) is 1.16. The van der Waals surface area contributed by atoms with E-state index in [0.717, 1.165) is 29.8 Å². The van der Waals surface area contributed by atoms with Gasteiger partial charge in [0.1, 0.15) is 0 Å². The van der Waals surface area contributed by atoms with Crippen LogP contribution in [0.1, 0.15) is 23.8 Å². The lowest BCUT2D eigenvalue weighted by atomic mass is 10.2. The minimum atomic E-state index is -3.41. The van der Waals surface area contributed by atoms with Crippen molar-refractivity contribution in [3.63, 3.8) is 0 Å². The molecule has 116 valence electrons. The first kappa shape index (κ1) is 16.6. The molecule has 2 aromatic heterocycles.